The van der Waals surface area contributed by atoms with E-state index in [0.29, 0.717) is 5.69 Å². The number of aryl methyl sites for hydroxylation is 1. The maximum Gasteiger partial charge on any atom is 0.178 e. The molecular weight excluding hydrogens is 500 g/mol. The van der Waals surface area contributed by atoms with Gasteiger partial charge in [-0.25, -0.2) is 4.98 Å². The van der Waals surface area contributed by atoms with E-state index in [9.17, 15) is 9.59 Å². The molecular formula is C34H48N2O2S. The van der Waals surface area contributed by atoms with Gasteiger partial charge in [-0.2, -0.15) is 0 Å². The zero-order chi connectivity index (χ0) is 29.6. The van der Waals surface area contributed by atoms with E-state index < -0.39 is 0 Å². The molecule has 0 saturated heterocycles. The fourth-order valence-corrected chi connectivity index (χ4v) is 5.10. The van der Waals surface area contributed by atoms with Crippen LogP contribution >= 0.6 is 11.3 Å². The van der Waals surface area contributed by atoms with Crippen molar-refractivity contribution in [2.24, 2.45) is 5.41 Å². The summed E-state index contributed by atoms with van der Waals surface area (Å²) in [6, 6.07) is 5.64. The number of hydrogen-bond donors (Lipinski definition) is 0. The smallest absolute Gasteiger partial charge is 0.178 e. The lowest BCUT2D eigenvalue weighted by atomic mass is 9.85. The Morgan fingerprint density at radius 2 is 1.79 bits per heavy atom. The molecule has 0 aliphatic rings. The molecule has 0 fully saturated rings. The first-order valence-electron chi connectivity index (χ1n) is 14.0. The molecule has 0 unspecified atom stereocenters. The number of nitrogens with zero attached hydrogens (tertiary/aromatic N) is 2. The summed E-state index contributed by atoms with van der Waals surface area (Å²) in [4.78, 5) is 27.9. The van der Waals surface area contributed by atoms with Crippen LogP contribution in [0, 0.1) is 5.41 Å². The highest BCUT2D eigenvalue weighted by Crippen LogP contribution is 2.27. The van der Waals surface area contributed by atoms with Crippen molar-refractivity contribution in [3.63, 3.8) is 0 Å². The Bertz CT molecular complexity index is 1280. The lowest BCUT2D eigenvalue weighted by Crippen LogP contribution is -2.07. The van der Waals surface area contributed by atoms with Gasteiger partial charge in [-0.15, -0.1) is 11.3 Å². The van der Waals surface area contributed by atoms with Crippen LogP contribution in [-0.2, 0) is 12.8 Å². The number of hydrogen-bond acceptors (Lipinski definition) is 4. The predicted octanol–water partition coefficient (Wildman–Crippen LogP) is 9.89. The minimum Gasteiger partial charge on any atom is -0.297 e. The summed E-state index contributed by atoms with van der Waals surface area (Å²) in [6.45, 7) is 22.3. The fourth-order valence-electron chi connectivity index (χ4n) is 4.01. The van der Waals surface area contributed by atoms with Gasteiger partial charge in [0.05, 0.1) is 6.20 Å². The molecule has 0 atom stereocenters. The summed E-state index contributed by atoms with van der Waals surface area (Å²) in [6.07, 6.45) is 15.4. The molecule has 0 spiro atoms. The molecule has 3 aromatic heterocycles. The van der Waals surface area contributed by atoms with Crippen molar-refractivity contribution in [2.45, 2.75) is 94.4 Å². The molecule has 4 nitrogen and oxygen atoms in total. The van der Waals surface area contributed by atoms with E-state index in [1.165, 1.54) is 41.4 Å². The molecule has 0 saturated carbocycles. The van der Waals surface area contributed by atoms with E-state index in [4.69, 9.17) is 0 Å². The van der Waals surface area contributed by atoms with Gasteiger partial charge < -0.3 is 0 Å². The van der Waals surface area contributed by atoms with E-state index in [2.05, 4.69) is 72.2 Å². The normalized spacial score (nSPS) is 11.8. The zero-order valence-corrected chi connectivity index (χ0v) is 26.4. The number of carbonyl (C=O) groups is 2. The van der Waals surface area contributed by atoms with Crippen molar-refractivity contribution in [2.75, 3.05) is 0 Å². The minimum absolute atomic E-state index is 0.0358. The topological polar surface area (TPSA) is 51.4 Å². The Morgan fingerprint density at radius 3 is 2.28 bits per heavy atom. The number of rotatable bonds is 9. The Kier molecular flexibility index (Phi) is 14.6. The molecule has 3 heterocycles. The fraction of sp³-hybridized carbons (Fsp3) is 0.441. The molecule has 212 valence electrons. The highest BCUT2D eigenvalue weighted by Gasteiger charge is 2.14. The number of fused-ring (bicyclic) bond motifs is 1. The maximum absolute atomic E-state index is 11.4. The third-order valence-electron chi connectivity index (χ3n) is 6.45. The largest absolute Gasteiger partial charge is 0.297 e. The van der Waals surface area contributed by atoms with Crippen molar-refractivity contribution in [3.05, 3.63) is 93.6 Å². The number of thiophene rings is 1. The second kappa shape index (κ2) is 16.8. The summed E-state index contributed by atoms with van der Waals surface area (Å²) >= 11 is 1.73. The lowest BCUT2D eigenvalue weighted by molar-refractivity contribution is 0.100. The van der Waals surface area contributed by atoms with Gasteiger partial charge in [-0.05, 0) is 68.2 Å². The molecule has 0 radical (unpaired) electrons. The Balaban J connectivity index is 0.000000293. The van der Waals surface area contributed by atoms with Crippen LogP contribution in [0.1, 0.15) is 113 Å². The van der Waals surface area contributed by atoms with Gasteiger partial charge in [0.15, 0.2) is 11.6 Å². The average molecular weight is 549 g/mol. The first-order chi connectivity index (χ1) is 18.4. The van der Waals surface area contributed by atoms with E-state index >= 15 is 0 Å². The van der Waals surface area contributed by atoms with Crippen LogP contribution in [0.5, 0.6) is 0 Å². The molecule has 0 aromatic carbocycles. The van der Waals surface area contributed by atoms with Crippen LogP contribution < -0.4 is 0 Å². The molecule has 3 rings (SSSR count). The van der Waals surface area contributed by atoms with E-state index in [1.54, 1.807) is 28.9 Å². The van der Waals surface area contributed by atoms with Crippen molar-refractivity contribution in [1.82, 2.24) is 9.38 Å². The molecule has 0 aliphatic carbocycles. The predicted molar refractivity (Wildman–Crippen MR) is 169 cm³/mol. The first-order valence-corrected chi connectivity index (χ1v) is 14.9. The molecule has 0 aliphatic heterocycles. The van der Waals surface area contributed by atoms with Gasteiger partial charge in [0.2, 0.25) is 0 Å². The van der Waals surface area contributed by atoms with Gasteiger partial charge >= 0.3 is 0 Å². The lowest BCUT2D eigenvalue weighted by Gasteiger charge is -2.20. The molecule has 0 N–H and O–H groups in total. The molecule has 0 bridgehead atoms. The first kappa shape index (κ1) is 34.0. The Hall–Kier alpha value is -3.05. The second-order valence-corrected chi connectivity index (χ2v) is 11.4. The molecule has 39 heavy (non-hydrogen) atoms. The van der Waals surface area contributed by atoms with E-state index in [1.807, 2.05) is 35.9 Å². The number of allylic oxidation sites excluding steroid dienone is 5. The molecule has 5 heteroatoms. The van der Waals surface area contributed by atoms with Gasteiger partial charge in [0, 0.05) is 28.9 Å². The third kappa shape index (κ3) is 10.6. The Morgan fingerprint density at radius 1 is 1.10 bits per heavy atom. The van der Waals surface area contributed by atoms with Gasteiger partial charge in [-0.3, -0.25) is 14.0 Å². The van der Waals surface area contributed by atoms with Crippen LogP contribution in [0.2, 0.25) is 0 Å². The van der Waals surface area contributed by atoms with E-state index in [0.717, 1.165) is 30.5 Å². The highest BCUT2D eigenvalue weighted by atomic mass is 32.1. The number of unbranched alkanes of at least 4 members (excludes halogenated alkanes) is 1. The summed E-state index contributed by atoms with van der Waals surface area (Å²) < 4.78 is 1.78. The summed E-state index contributed by atoms with van der Waals surface area (Å²) in [5, 5.41) is 2.02. The maximum atomic E-state index is 11.4. The van der Waals surface area contributed by atoms with Gasteiger partial charge in [0.1, 0.15) is 11.3 Å². The average Bonchev–Trinajstić information content (AvgIpc) is 3.52. The van der Waals surface area contributed by atoms with E-state index in [-0.39, 0.29) is 17.0 Å². The summed E-state index contributed by atoms with van der Waals surface area (Å²) in [5.41, 5.74) is 6.60. The van der Waals surface area contributed by atoms with Crippen molar-refractivity contribution < 1.29 is 9.59 Å². The summed E-state index contributed by atoms with van der Waals surface area (Å²) in [5.74, 6) is 0.251. The third-order valence-corrected chi connectivity index (χ3v) is 7.62. The van der Waals surface area contributed by atoms with Crippen LogP contribution in [0.25, 0.3) is 5.65 Å². The number of carbonyl (C=O) groups excluding carboxylic acids is 2. The van der Waals surface area contributed by atoms with Gasteiger partial charge in [-0.1, -0.05) is 84.4 Å². The van der Waals surface area contributed by atoms with Crippen LogP contribution in [0.3, 0.4) is 0 Å². The zero-order valence-electron chi connectivity index (χ0n) is 25.6. The monoisotopic (exact) mass is 548 g/mol. The quantitative estimate of drug-likeness (QED) is 0.197. The van der Waals surface area contributed by atoms with Crippen LogP contribution in [0.4, 0.5) is 0 Å². The minimum atomic E-state index is 0.0358. The number of Topliss-reactive ketones (excluding diaryl/α,β-unsaturated/α-hetero) is 2. The number of ketones is 2. The second-order valence-electron chi connectivity index (χ2n) is 10.5. The van der Waals surface area contributed by atoms with Gasteiger partial charge in [0.25, 0.3) is 0 Å². The van der Waals surface area contributed by atoms with Crippen molar-refractivity contribution in [3.8, 4) is 0 Å². The number of pyridine rings is 1. The van der Waals surface area contributed by atoms with Crippen molar-refractivity contribution in [1.29, 1.82) is 0 Å². The number of imidazole rings is 1. The standard InChI is InChI=1S/C13H22.C12H18OS.C9H8N2O/c1-7-11(8-2)10-12(9-3)13(4,5)6;1-4-6-7-10-11(9(3)13)8-14-12(10)5-2;1-7(12)8-6-10-9-4-2-3-5-11(8)9/h7,9-10H,3,8H2,1-2,4-6H3;8H,4-7H2,1-3H3;2-6H,1H3/b11-7-,12-10+;;. The highest BCUT2D eigenvalue weighted by molar-refractivity contribution is 7.10. The van der Waals surface area contributed by atoms with Crippen molar-refractivity contribution >= 4 is 28.6 Å². The SMILES string of the molecule is C=C/C(=C\C(=C/C)CC)C(C)(C)C.CC(=O)c1cnc2ccccn12.CCCCc1c(C(C)=O)csc1CC. The number of aromatic nitrogens is 2. The van der Waals surface area contributed by atoms with Crippen LogP contribution in [0.15, 0.2) is 71.9 Å². The molecule has 3 aromatic rings. The Labute approximate surface area is 240 Å². The summed E-state index contributed by atoms with van der Waals surface area (Å²) in [7, 11) is 0. The van der Waals surface area contributed by atoms with Crippen LogP contribution in [-0.4, -0.2) is 21.0 Å². The molecule has 0 amide bonds.